The highest BCUT2D eigenvalue weighted by Gasteiger charge is 2.53. The van der Waals surface area contributed by atoms with Crippen LogP contribution in [-0.2, 0) is 33.2 Å². The van der Waals surface area contributed by atoms with E-state index >= 15 is 0 Å². The van der Waals surface area contributed by atoms with E-state index in [4.69, 9.17) is 28.4 Å². The minimum Gasteiger partial charge on any atom is -0.394 e. The lowest BCUT2D eigenvalue weighted by Crippen LogP contribution is -2.66. The van der Waals surface area contributed by atoms with Crippen LogP contribution in [0.4, 0.5) is 0 Å². The Kier molecular flexibility index (Phi) is 33.5. The SMILES string of the molecule is CCCCC/C=C/C(O)C(COC1OC(CO)C(OC2OC(CO)C(OC3OC(CO)C(O)C(O)C3O)C(O)C2O)C(O)C1O)NC(=O)CCCCCCCCCCCCCCCCCCCCCCC. The molecule has 71 heavy (non-hydrogen) atoms. The molecule has 17 atom stereocenters. The molecule has 17 unspecified atom stereocenters. The van der Waals surface area contributed by atoms with Crippen molar-refractivity contribution in [1.29, 1.82) is 0 Å². The van der Waals surface area contributed by atoms with Gasteiger partial charge in [0.15, 0.2) is 18.9 Å². The molecule has 3 rings (SSSR count). The van der Waals surface area contributed by atoms with Gasteiger partial charge in [0, 0.05) is 6.42 Å². The topological polar surface area (TPSA) is 307 Å². The normalized spacial score (nSPS) is 32.3. The maximum atomic E-state index is 13.2. The van der Waals surface area contributed by atoms with Crippen LogP contribution < -0.4 is 5.32 Å². The molecule has 3 aliphatic heterocycles. The first-order valence-corrected chi connectivity index (χ1v) is 27.4. The molecule has 0 saturated carbocycles. The van der Waals surface area contributed by atoms with Gasteiger partial charge in [-0.15, -0.1) is 0 Å². The number of allylic oxidation sites excluding steroid dienone is 1. The van der Waals surface area contributed by atoms with Gasteiger partial charge in [0.05, 0.1) is 38.6 Å². The Bertz CT molecular complexity index is 1360. The summed E-state index contributed by atoms with van der Waals surface area (Å²) >= 11 is 0. The van der Waals surface area contributed by atoms with Gasteiger partial charge in [0.25, 0.3) is 0 Å². The fraction of sp³-hybridized carbons (Fsp3) is 0.942. The number of carbonyl (C=O) groups excluding carboxylic acids is 1. The minimum atomic E-state index is -1.97. The Morgan fingerprint density at radius 2 is 0.873 bits per heavy atom. The van der Waals surface area contributed by atoms with Gasteiger partial charge in [-0.05, 0) is 19.3 Å². The van der Waals surface area contributed by atoms with Crippen molar-refractivity contribution in [3.8, 4) is 0 Å². The van der Waals surface area contributed by atoms with Crippen LogP contribution in [0.1, 0.15) is 181 Å². The van der Waals surface area contributed by atoms with Crippen molar-refractivity contribution in [2.24, 2.45) is 0 Å². The summed E-state index contributed by atoms with van der Waals surface area (Å²) in [7, 11) is 0. The number of nitrogens with one attached hydrogen (secondary N) is 1. The van der Waals surface area contributed by atoms with Crippen LogP contribution in [0.5, 0.6) is 0 Å². The number of aliphatic hydroxyl groups excluding tert-OH is 11. The van der Waals surface area contributed by atoms with E-state index in [1.54, 1.807) is 6.08 Å². The van der Waals surface area contributed by atoms with E-state index in [0.717, 1.165) is 44.9 Å². The largest absolute Gasteiger partial charge is 0.394 e. The van der Waals surface area contributed by atoms with Crippen molar-refractivity contribution >= 4 is 5.91 Å². The van der Waals surface area contributed by atoms with Crippen LogP contribution in [0.3, 0.4) is 0 Å². The summed E-state index contributed by atoms with van der Waals surface area (Å²) in [6.07, 6.45) is 7.15. The summed E-state index contributed by atoms with van der Waals surface area (Å²) in [4.78, 5) is 13.2. The van der Waals surface area contributed by atoms with Gasteiger partial charge < -0.3 is 89.9 Å². The molecule has 19 heteroatoms. The molecule has 0 aromatic rings. The first-order valence-electron chi connectivity index (χ1n) is 27.4. The monoisotopic (exact) mass is 1020 g/mol. The zero-order chi connectivity index (χ0) is 52.0. The lowest BCUT2D eigenvalue weighted by Gasteiger charge is -2.48. The van der Waals surface area contributed by atoms with Crippen LogP contribution in [0.2, 0.25) is 0 Å². The zero-order valence-corrected chi connectivity index (χ0v) is 43.0. The Morgan fingerprint density at radius 3 is 1.32 bits per heavy atom. The Labute approximate surface area is 423 Å². The molecule has 19 nitrogen and oxygen atoms in total. The molecule has 12 N–H and O–H groups in total. The molecule has 0 aromatic heterocycles. The van der Waals surface area contributed by atoms with Gasteiger partial charge in [-0.1, -0.05) is 167 Å². The maximum absolute atomic E-state index is 13.2. The van der Waals surface area contributed by atoms with Crippen molar-refractivity contribution in [3.05, 3.63) is 12.2 Å². The van der Waals surface area contributed by atoms with Crippen LogP contribution in [0, 0.1) is 0 Å². The molecule has 0 spiro atoms. The molecule has 3 fully saturated rings. The van der Waals surface area contributed by atoms with Gasteiger partial charge in [0.1, 0.15) is 73.2 Å². The first kappa shape index (κ1) is 63.8. The fourth-order valence-corrected chi connectivity index (χ4v) is 9.48. The number of hydrogen-bond acceptors (Lipinski definition) is 18. The van der Waals surface area contributed by atoms with E-state index in [1.807, 2.05) is 6.08 Å². The van der Waals surface area contributed by atoms with E-state index in [0.29, 0.717) is 6.42 Å². The molecule has 0 aromatic carbocycles. The molecule has 0 bridgehead atoms. The smallest absolute Gasteiger partial charge is 0.220 e. The molecule has 1 amide bonds. The molecular formula is C52H97NO18. The van der Waals surface area contributed by atoms with Crippen molar-refractivity contribution < 1.29 is 89.4 Å². The molecule has 418 valence electrons. The quantitative estimate of drug-likeness (QED) is 0.0311. The summed E-state index contributed by atoms with van der Waals surface area (Å²) in [5.41, 5.74) is 0. The zero-order valence-electron chi connectivity index (χ0n) is 43.0. The minimum absolute atomic E-state index is 0.247. The molecule has 3 saturated heterocycles. The highest BCUT2D eigenvalue weighted by molar-refractivity contribution is 5.76. The average Bonchev–Trinajstić information content (AvgIpc) is 3.36. The fourth-order valence-electron chi connectivity index (χ4n) is 9.48. The van der Waals surface area contributed by atoms with Gasteiger partial charge in [-0.2, -0.15) is 0 Å². The van der Waals surface area contributed by atoms with Crippen molar-refractivity contribution in [2.75, 3.05) is 26.4 Å². The number of amides is 1. The summed E-state index contributed by atoms with van der Waals surface area (Å²) < 4.78 is 34.0. The van der Waals surface area contributed by atoms with E-state index in [9.17, 15) is 61.0 Å². The molecule has 0 radical (unpaired) electrons. The Balaban J connectivity index is 1.42. The van der Waals surface area contributed by atoms with Gasteiger partial charge >= 0.3 is 0 Å². The third kappa shape index (κ3) is 22.7. The van der Waals surface area contributed by atoms with Crippen LogP contribution in [0.25, 0.3) is 0 Å². The second-order valence-electron chi connectivity index (χ2n) is 20.1. The molecule has 3 aliphatic rings. The summed E-state index contributed by atoms with van der Waals surface area (Å²) in [6.45, 7) is 1.59. The second-order valence-corrected chi connectivity index (χ2v) is 20.1. The summed E-state index contributed by atoms with van der Waals surface area (Å²) in [6, 6.07) is -0.963. The van der Waals surface area contributed by atoms with Crippen LogP contribution >= 0.6 is 0 Å². The van der Waals surface area contributed by atoms with Gasteiger partial charge in [0.2, 0.25) is 5.91 Å². The third-order valence-corrected chi connectivity index (χ3v) is 14.1. The first-order chi connectivity index (χ1) is 34.3. The number of hydrogen-bond donors (Lipinski definition) is 12. The van der Waals surface area contributed by atoms with Crippen molar-refractivity contribution in [2.45, 2.75) is 285 Å². The van der Waals surface area contributed by atoms with E-state index in [-0.39, 0.29) is 18.9 Å². The maximum Gasteiger partial charge on any atom is 0.220 e. The van der Waals surface area contributed by atoms with E-state index in [1.165, 1.54) is 109 Å². The average molecular weight is 1020 g/mol. The number of carbonyl (C=O) groups is 1. The predicted octanol–water partition coefficient (Wildman–Crippen LogP) is 3.04. The second kappa shape index (κ2) is 37.3. The highest BCUT2D eigenvalue weighted by Crippen LogP contribution is 2.33. The van der Waals surface area contributed by atoms with E-state index < -0.39 is 124 Å². The predicted molar refractivity (Wildman–Crippen MR) is 263 cm³/mol. The van der Waals surface area contributed by atoms with Crippen LogP contribution in [0.15, 0.2) is 12.2 Å². The number of aliphatic hydroxyl groups is 11. The van der Waals surface area contributed by atoms with Gasteiger partial charge in [-0.3, -0.25) is 4.79 Å². The number of rotatable bonds is 39. The Hall–Kier alpha value is -1.47. The third-order valence-electron chi connectivity index (χ3n) is 14.1. The van der Waals surface area contributed by atoms with E-state index in [2.05, 4.69) is 19.2 Å². The molecule has 3 heterocycles. The van der Waals surface area contributed by atoms with Crippen LogP contribution in [-0.4, -0.2) is 193 Å². The summed E-state index contributed by atoms with van der Waals surface area (Å²) in [5.74, 6) is -0.281. The standard InChI is InChI=1S/C52H97NO18/c1-3-5-7-9-10-11-12-13-14-15-16-17-18-19-20-21-22-23-24-26-28-30-40(58)53-35(36(57)29-27-25-8-6-4-2)34-66-50-46(64)43(61)48(38(32-55)68-50)71-52-47(65)44(62)49(39(33-56)69-52)70-51-45(63)42(60)41(59)37(31-54)67-51/h27,29,35-39,41-52,54-57,59-65H,3-26,28,30-34H2,1-2H3,(H,53,58)/b29-27+. The van der Waals surface area contributed by atoms with Crippen molar-refractivity contribution in [3.63, 3.8) is 0 Å². The number of ether oxygens (including phenoxy) is 6. The summed E-state index contributed by atoms with van der Waals surface area (Å²) in [5, 5.41) is 119. The lowest BCUT2D eigenvalue weighted by atomic mass is 9.96. The Morgan fingerprint density at radius 1 is 0.493 bits per heavy atom. The number of unbranched alkanes of at least 4 members (excludes halogenated alkanes) is 23. The van der Waals surface area contributed by atoms with Crippen molar-refractivity contribution in [1.82, 2.24) is 5.32 Å². The molecular weight excluding hydrogens is 927 g/mol. The molecule has 0 aliphatic carbocycles. The van der Waals surface area contributed by atoms with Gasteiger partial charge in [-0.25, -0.2) is 0 Å². The highest BCUT2D eigenvalue weighted by atomic mass is 16.8. The lowest BCUT2D eigenvalue weighted by molar-refractivity contribution is -0.379.